The molecule has 2 aliphatic heterocycles. The number of amides is 1. The third-order valence-electron chi connectivity index (χ3n) is 5.67. The van der Waals surface area contributed by atoms with Crippen LogP contribution in [0.2, 0.25) is 0 Å². The Labute approximate surface area is 145 Å². The second-order valence-electron chi connectivity index (χ2n) is 7.10. The number of carbonyl (C=O) groups is 1. The van der Waals surface area contributed by atoms with E-state index in [2.05, 4.69) is 28.9 Å². The quantitative estimate of drug-likeness (QED) is 0.828. The van der Waals surface area contributed by atoms with Crippen LogP contribution in [-0.4, -0.2) is 49.0 Å². The van der Waals surface area contributed by atoms with E-state index in [4.69, 9.17) is 4.74 Å². The van der Waals surface area contributed by atoms with Crippen LogP contribution in [0.25, 0.3) is 0 Å². The molecule has 0 aliphatic carbocycles. The number of benzene rings is 1. The summed E-state index contributed by atoms with van der Waals surface area (Å²) in [5, 5.41) is 0. The third kappa shape index (κ3) is 3.92. The highest BCUT2D eigenvalue weighted by Crippen LogP contribution is 2.35. The topological polar surface area (TPSA) is 32.8 Å². The molecule has 1 aromatic rings. The first-order chi connectivity index (χ1) is 11.7. The van der Waals surface area contributed by atoms with Crippen molar-refractivity contribution in [1.29, 1.82) is 0 Å². The van der Waals surface area contributed by atoms with Gasteiger partial charge in [0.25, 0.3) is 0 Å². The number of piperidine rings is 1. The lowest BCUT2D eigenvalue weighted by Gasteiger charge is -2.32. The monoisotopic (exact) mass is 330 g/mol. The summed E-state index contributed by atoms with van der Waals surface area (Å²) < 4.78 is 5.34. The highest BCUT2D eigenvalue weighted by Gasteiger charge is 2.31. The normalized spacial score (nSPS) is 22.8. The fraction of sp³-hybridized carbons (Fsp3) is 0.650. The Bertz CT molecular complexity index is 552. The van der Waals surface area contributed by atoms with Gasteiger partial charge in [0, 0.05) is 13.0 Å². The predicted octanol–water partition coefficient (Wildman–Crippen LogP) is 3.48. The molecule has 1 atom stereocenters. The molecule has 0 aromatic heterocycles. The van der Waals surface area contributed by atoms with Crippen LogP contribution >= 0.6 is 0 Å². The summed E-state index contributed by atoms with van der Waals surface area (Å²) in [6.45, 7) is 6.54. The van der Waals surface area contributed by atoms with Crippen LogP contribution in [0.5, 0.6) is 5.75 Å². The van der Waals surface area contributed by atoms with Crippen molar-refractivity contribution in [2.24, 2.45) is 5.92 Å². The molecule has 0 N–H and O–H groups in total. The molecule has 1 amide bonds. The second kappa shape index (κ2) is 8.02. The maximum atomic E-state index is 12.9. The maximum absolute atomic E-state index is 12.9. The molecule has 2 aliphatic rings. The summed E-state index contributed by atoms with van der Waals surface area (Å²) in [4.78, 5) is 17.5. The summed E-state index contributed by atoms with van der Waals surface area (Å²) >= 11 is 0. The van der Waals surface area contributed by atoms with Gasteiger partial charge < -0.3 is 14.5 Å². The molecule has 2 saturated heterocycles. The van der Waals surface area contributed by atoms with Crippen molar-refractivity contribution in [2.75, 3.05) is 33.3 Å². The molecule has 2 fully saturated rings. The molecule has 2 heterocycles. The van der Waals surface area contributed by atoms with Crippen molar-refractivity contribution in [2.45, 2.75) is 45.1 Å². The van der Waals surface area contributed by atoms with Gasteiger partial charge in [0.15, 0.2) is 0 Å². The van der Waals surface area contributed by atoms with Crippen LogP contribution in [-0.2, 0) is 4.79 Å². The Balaban J connectivity index is 1.61. The van der Waals surface area contributed by atoms with Gasteiger partial charge in [-0.05, 0) is 68.9 Å². The van der Waals surface area contributed by atoms with Crippen molar-refractivity contribution >= 4 is 5.91 Å². The van der Waals surface area contributed by atoms with Crippen LogP contribution in [0.15, 0.2) is 24.3 Å². The minimum Gasteiger partial charge on any atom is -0.497 e. The van der Waals surface area contributed by atoms with Gasteiger partial charge >= 0.3 is 0 Å². The molecule has 0 spiro atoms. The van der Waals surface area contributed by atoms with Gasteiger partial charge in [-0.2, -0.15) is 0 Å². The Hall–Kier alpha value is -1.55. The zero-order valence-electron chi connectivity index (χ0n) is 15.0. The number of rotatable bonds is 5. The van der Waals surface area contributed by atoms with E-state index in [1.54, 1.807) is 7.11 Å². The van der Waals surface area contributed by atoms with Crippen LogP contribution in [0, 0.1) is 5.92 Å². The highest BCUT2D eigenvalue weighted by atomic mass is 16.5. The number of carbonyl (C=O) groups excluding carboxylic acids is 1. The zero-order chi connectivity index (χ0) is 16.9. The van der Waals surface area contributed by atoms with Crippen molar-refractivity contribution < 1.29 is 9.53 Å². The molecular weight excluding hydrogens is 300 g/mol. The number of nitrogens with zero attached hydrogens (tertiary/aromatic N) is 2. The van der Waals surface area contributed by atoms with E-state index >= 15 is 0 Å². The number of ether oxygens (including phenoxy) is 1. The number of methoxy groups -OCH3 is 1. The van der Waals surface area contributed by atoms with Crippen LogP contribution < -0.4 is 4.74 Å². The standard InChI is InChI=1S/C20H30N2O2/c1-3-21-12-9-16(10-13-21)14-20(23)22-11-5-8-19(22)17-6-4-7-18(15-17)24-2/h4,6-7,15-16,19H,3,5,8-14H2,1-2H3/t19-/m1/s1. The molecule has 24 heavy (non-hydrogen) atoms. The van der Waals surface area contributed by atoms with E-state index < -0.39 is 0 Å². The van der Waals surface area contributed by atoms with Gasteiger partial charge in [0.05, 0.1) is 13.2 Å². The maximum Gasteiger partial charge on any atom is 0.223 e. The molecule has 0 bridgehead atoms. The lowest BCUT2D eigenvalue weighted by atomic mass is 9.92. The predicted molar refractivity (Wildman–Crippen MR) is 96.1 cm³/mol. The van der Waals surface area contributed by atoms with Crippen LogP contribution in [0.1, 0.15) is 50.6 Å². The Morgan fingerprint density at radius 1 is 1.21 bits per heavy atom. The van der Waals surface area contributed by atoms with Crippen LogP contribution in [0.4, 0.5) is 0 Å². The van der Waals surface area contributed by atoms with Crippen molar-refractivity contribution in [3.05, 3.63) is 29.8 Å². The third-order valence-corrected chi connectivity index (χ3v) is 5.67. The van der Waals surface area contributed by atoms with Crippen molar-refractivity contribution in [3.8, 4) is 5.75 Å². The molecule has 4 heteroatoms. The lowest BCUT2D eigenvalue weighted by Crippen LogP contribution is -2.37. The summed E-state index contributed by atoms with van der Waals surface area (Å²) in [7, 11) is 1.69. The van der Waals surface area contributed by atoms with Gasteiger partial charge in [0.1, 0.15) is 5.75 Å². The summed E-state index contributed by atoms with van der Waals surface area (Å²) in [6.07, 6.45) is 5.21. The van der Waals surface area contributed by atoms with Gasteiger partial charge in [-0.1, -0.05) is 19.1 Å². The Morgan fingerprint density at radius 3 is 2.71 bits per heavy atom. The summed E-state index contributed by atoms with van der Waals surface area (Å²) in [5.74, 6) is 1.78. The SMILES string of the molecule is CCN1CCC(CC(=O)N2CCC[C@@H]2c2cccc(OC)c2)CC1. The first kappa shape index (κ1) is 17.3. The average molecular weight is 330 g/mol. The van der Waals surface area contributed by atoms with E-state index in [0.29, 0.717) is 11.8 Å². The first-order valence-electron chi connectivity index (χ1n) is 9.37. The van der Waals surface area contributed by atoms with E-state index in [1.165, 1.54) is 5.56 Å². The Kier molecular flexibility index (Phi) is 5.77. The van der Waals surface area contributed by atoms with Gasteiger partial charge in [0.2, 0.25) is 5.91 Å². The summed E-state index contributed by atoms with van der Waals surface area (Å²) in [6, 6.07) is 8.42. The van der Waals surface area contributed by atoms with E-state index in [9.17, 15) is 4.79 Å². The molecular formula is C20H30N2O2. The molecule has 0 unspecified atom stereocenters. The Morgan fingerprint density at radius 2 is 2.00 bits per heavy atom. The molecule has 0 radical (unpaired) electrons. The van der Waals surface area contributed by atoms with Crippen LogP contribution in [0.3, 0.4) is 0 Å². The highest BCUT2D eigenvalue weighted by molar-refractivity contribution is 5.77. The fourth-order valence-electron chi connectivity index (χ4n) is 4.13. The van der Waals surface area contributed by atoms with Crippen molar-refractivity contribution in [3.63, 3.8) is 0 Å². The van der Waals surface area contributed by atoms with Gasteiger partial charge in [-0.3, -0.25) is 4.79 Å². The van der Waals surface area contributed by atoms with E-state index in [0.717, 1.165) is 64.0 Å². The van der Waals surface area contributed by atoms with Gasteiger partial charge in [-0.15, -0.1) is 0 Å². The van der Waals surface area contributed by atoms with E-state index in [1.807, 2.05) is 12.1 Å². The van der Waals surface area contributed by atoms with E-state index in [-0.39, 0.29) is 6.04 Å². The molecule has 1 aromatic carbocycles. The zero-order valence-corrected chi connectivity index (χ0v) is 15.0. The fourth-order valence-corrected chi connectivity index (χ4v) is 4.13. The number of likely N-dealkylation sites (tertiary alicyclic amines) is 2. The smallest absolute Gasteiger partial charge is 0.223 e. The average Bonchev–Trinajstić information content (AvgIpc) is 3.12. The molecule has 132 valence electrons. The largest absolute Gasteiger partial charge is 0.497 e. The lowest BCUT2D eigenvalue weighted by molar-refractivity contribution is -0.133. The molecule has 4 nitrogen and oxygen atoms in total. The second-order valence-corrected chi connectivity index (χ2v) is 7.10. The minimum atomic E-state index is 0.225. The minimum absolute atomic E-state index is 0.225. The molecule has 3 rings (SSSR count). The first-order valence-corrected chi connectivity index (χ1v) is 9.37. The number of hydrogen-bond acceptors (Lipinski definition) is 3. The summed E-state index contributed by atoms with van der Waals surface area (Å²) in [5.41, 5.74) is 1.21. The van der Waals surface area contributed by atoms with Crippen molar-refractivity contribution in [1.82, 2.24) is 9.80 Å². The molecule has 0 saturated carbocycles. The van der Waals surface area contributed by atoms with Gasteiger partial charge in [-0.25, -0.2) is 0 Å². The number of hydrogen-bond donors (Lipinski definition) is 0.